The zero-order chi connectivity index (χ0) is 67.9. The van der Waals surface area contributed by atoms with Gasteiger partial charge in [0.1, 0.15) is 19.3 Å². The van der Waals surface area contributed by atoms with E-state index in [-0.39, 0.29) is 25.7 Å². The van der Waals surface area contributed by atoms with E-state index in [9.17, 15) is 43.2 Å². The molecule has 0 aromatic rings. The van der Waals surface area contributed by atoms with E-state index in [1.807, 2.05) is 0 Å². The van der Waals surface area contributed by atoms with Crippen molar-refractivity contribution in [1.29, 1.82) is 0 Å². The van der Waals surface area contributed by atoms with Gasteiger partial charge in [0.2, 0.25) is 0 Å². The highest BCUT2D eigenvalue weighted by atomic mass is 31.2. The van der Waals surface area contributed by atoms with Crippen LogP contribution in [-0.2, 0) is 65.4 Å². The summed E-state index contributed by atoms with van der Waals surface area (Å²) in [6.45, 7) is 9.50. The van der Waals surface area contributed by atoms with E-state index in [1.54, 1.807) is 0 Å². The average Bonchev–Trinajstić information content (AvgIpc) is 2.12. The molecule has 0 amide bonds. The van der Waals surface area contributed by atoms with Crippen LogP contribution in [-0.4, -0.2) is 96.7 Å². The Morgan fingerprint density at radius 1 is 0.293 bits per heavy atom. The van der Waals surface area contributed by atoms with E-state index in [4.69, 9.17) is 37.0 Å². The molecule has 0 rings (SSSR count). The molecule has 92 heavy (non-hydrogen) atoms. The number of aliphatic hydroxyl groups is 1. The average molecular weight is 1350 g/mol. The molecule has 5 atom stereocenters. The van der Waals surface area contributed by atoms with Gasteiger partial charge in [-0.15, -0.1) is 0 Å². The van der Waals surface area contributed by atoms with Crippen LogP contribution in [0.2, 0.25) is 0 Å². The van der Waals surface area contributed by atoms with Crippen LogP contribution in [0.3, 0.4) is 0 Å². The molecule has 0 aliphatic heterocycles. The van der Waals surface area contributed by atoms with Crippen LogP contribution in [0.1, 0.15) is 375 Å². The van der Waals surface area contributed by atoms with Gasteiger partial charge in [0.25, 0.3) is 0 Å². The normalized spacial score (nSPS) is 14.1. The van der Waals surface area contributed by atoms with E-state index < -0.39 is 97.5 Å². The lowest BCUT2D eigenvalue weighted by Crippen LogP contribution is -2.30. The number of hydrogen-bond acceptors (Lipinski definition) is 15. The highest BCUT2D eigenvalue weighted by molar-refractivity contribution is 7.47. The maximum absolute atomic E-state index is 13.1. The monoisotopic (exact) mass is 1350 g/mol. The predicted molar refractivity (Wildman–Crippen MR) is 372 cm³/mol. The summed E-state index contributed by atoms with van der Waals surface area (Å²) in [6.07, 6.45) is 51.6. The molecule has 0 radical (unpaired) electrons. The van der Waals surface area contributed by atoms with Crippen molar-refractivity contribution in [3.63, 3.8) is 0 Å². The SMILES string of the molecule is CCCCCCCCCCCCCCCC(=O)OC[C@H](COP(=O)(O)OC[C@@H](O)COP(=O)(O)OC[C@@H](COC(=O)CCCCCCCCCCC)OC(=O)CCCCCCCCC(C)C)OC(=O)CCCCCCCCCCCCCCCCCCCCC(C)C. The first kappa shape index (κ1) is 90.1. The molecule has 0 saturated heterocycles. The number of phosphoric ester groups is 2. The van der Waals surface area contributed by atoms with Gasteiger partial charge >= 0.3 is 39.5 Å². The minimum absolute atomic E-state index is 0.102. The molecule has 0 fully saturated rings. The smallest absolute Gasteiger partial charge is 0.462 e. The molecule has 2 unspecified atom stereocenters. The molecule has 0 spiro atoms. The fourth-order valence-electron chi connectivity index (χ4n) is 11.1. The molecule has 17 nitrogen and oxygen atoms in total. The summed E-state index contributed by atoms with van der Waals surface area (Å²) in [5.74, 6) is -0.635. The lowest BCUT2D eigenvalue weighted by molar-refractivity contribution is -0.161. The molecule has 0 aliphatic rings. The second-order valence-corrected chi connectivity index (χ2v) is 30.2. The standard InChI is InChI=1S/C73H142O17P2/c1-7-9-11-13-15-17-18-25-29-33-37-44-50-56-71(76)84-61-68(89-72(77)57-51-45-38-34-30-27-24-22-20-19-21-23-26-28-32-35-41-47-53-65(3)4)63-87-91(79,80)85-59-67(74)60-86-92(81,82)88-64-69(90-73(78)58-52-46-40-39-42-48-54-66(5)6)62-83-70(75)55-49-43-36-31-16-14-12-10-8-2/h65-69,74H,7-64H2,1-6H3,(H,79,80)(H,81,82)/t67-,68-,69-/m1/s1. The highest BCUT2D eigenvalue weighted by Gasteiger charge is 2.30. The third kappa shape index (κ3) is 66.7. The fourth-order valence-corrected chi connectivity index (χ4v) is 12.7. The zero-order valence-electron chi connectivity index (χ0n) is 59.9. The number of phosphoric acid groups is 2. The molecule has 546 valence electrons. The Kier molecular flexibility index (Phi) is 63.7. The van der Waals surface area contributed by atoms with Gasteiger partial charge in [0.15, 0.2) is 12.2 Å². The molecular weight excluding hydrogens is 1210 g/mol. The molecule has 0 aliphatic carbocycles. The Morgan fingerprint density at radius 2 is 0.500 bits per heavy atom. The fraction of sp³-hybridized carbons (Fsp3) is 0.945. The van der Waals surface area contributed by atoms with Crippen molar-refractivity contribution in [2.75, 3.05) is 39.6 Å². The van der Waals surface area contributed by atoms with Crippen molar-refractivity contribution in [2.45, 2.75) is 394 Å². The molecule has 0 aromatic carbocycles. The van der Waals surface area contributed by atoms with E-state index in [0.717, 1.165) is 95.8 Å². The summed E-state index contributed by atoms with van der Waals surface area (Å²) in [6, 6.07) is 0. The van der Waals surface area contributed by atoms with Gasteiger partial charge in [-0.1, -0.05) is 324 Å². The number of unbranched alkanes of at least 4 members (excludes halogenated alkanes) is 42. The van der Waals surface area contributed by atoms with Crippen LogP contribution < -0.4 is 0 Å². The maximum Gasteiger partial charge on any atom is 0.472 e. The summed E-state index contributed by atoms with van der Waals surface area (Å²) >= 11 is 0. The molecule has 19 heteroatoms. The van der Waals surface area contributed by atoms with Crippen LogP contribution in [0.5, 0.6) is 0 Å². The van der Waals surface area contributed by atoms with Crippen molar-refractivity contribution in [3.05, 3.63) is 0 Å². The van der Waals surface area contributed by atoms with Gasteiger partial charge in [0.05, 0.1) is 26.4 Å². The second kappa shape index (κ2) is 65.0. The Labute approximate surface area is 562 Å². The van der Waals surface area contributed by atoms with Gasteiger partial charge in [-0.05, 0) is 37.5 Å². The van der Waals surface area contributed by atoms with Crippen LogP contribution in [0.15, 0.2) is 0 Å². The molecule has 0 heterocycles. The summed E-state index contributed by atoms with van der Waals surface area (Å²) in [4.78, 5) is 72.5. The van der Waals surface area contributed by atoms with E-state index >= 15 is 0 Å². The molecule has 0 bridgehead atoms. The summed E-state index contributed by atoms with van der Waals surface area (Å²) < 4.78 is 68.3. The minimum Gasteiger partial charge on any atom is -0.462 e. The largest absolute Gasteiger partial charge is 0.472 e. The summed E-state index contributed by atoms with van der Waals surface area (Å²) in [5.41, 5.74) is 0. The van der Waals surface area contributed by atoms with Crippen LogP contribution in [0.25, 0.3) is 0 Å². The third-order valence-corrected chi connectivity index (χ3v) is 18.9. The lowest BCUT2D eigenvalue weighted by Gasteiger charge is -2.21. The molecule has 0 saturated carbocycles. The first-order valence-electron chi connectivity index (χ1n) is 38.0. The first-order valence-corrected chi connectivity index (χ1v) is 41.0. The number of aliphatic hydroxyl groups excluding tert-OH is 1. The number of carbonyl (C=O) groups excluding carboxylic acids is 4. The van der Waals surface area contributed by atoms with Gasteiger partial charge < -0.3 is 33.8 Å². The Morgan fingerprint density at radius 3 is 0.739 bits per heavy atom. The van der Waals surface area contributed by atoms with E-state index in [2.05, 4.69) is 41.5 Å². The van der Waals surface area contributed by atoms with Crippen molar-refractivity contribution in [3.8, 4) is 0 Å². The summed E-state index contributed by atoms with van der Waals surface area (Å²) in [7, 11) is -9.90. The van der Waals surface area contributed by atoms with Crippen molar-refractivity contribution < 1.29 is 80.2 Å². The molecular formula is C73H142O17P2. The molecule has 3 N–H and O–H groups in total. The number of carbonyl (C=O) groups is 4. The summed E-state index contributed by atoms with van der Waals surface area (Å²) in [5, 5.41) is 10.6. The van der Waals surface area contributed by atoms with Crippen molar-refractivity contribution >= 4 is 39.5 Å². The number of hydrogen-bond donors (Lipinski definition) is 3. The van der Waals surface area contributed by atoms with Gasteiger partial charge in [-0.25, -0.2) is 9.13 Å². The Hall–Kier alpha value is -1.94. The lowest BCUT2D eigenvalue weighted by atomic mass is 10.0. The van der Waals surface area contributed by atoms with Crippen LogP contribution >= 0.6 is 15.6 Å². The topological polar surface area (TPSA) is 237 Å². The maximum atomic E-state index is 13.1. The van der Waals surface area contributed by atoms with Gasteiger partial charge in [-0.2, -0.15) is 0 Å². The number of ether oxygens (including phenoxy) is 4. The highest BCUT2D eigenvalue weighted by Crippen LogP contribution is 2.45. The van der Waals surface area contributed by atoms with E-state index in [1.165, 1.54) is 193 Å². The van der Waals surface area contributed by atoms with Crippen molar-refractivity contribution in [1.82, 2.24) is 0 Å². The Balaban J connectivity index is 5.16. The number of rotatable bonds is 72. The van der Waals surface area contributed by atoms with Crippen LogP contribution in [0, 0.1) is 11.8 Å². The van der Waals surface area contributed by atoms with E-state index in [0.29, 0.717) is 31.6 Å². The van der Waals surface area contributed by atoms with Crippen molar-refractivity contribution in [2.24, 2.45) is 11.8 Å². The number of esters is 4. The Bertz CT molecular complexity index is 1790. The predicted octanol–water partition coefficient (Wildman–Crippen LogP) is 21.2. The molecule has 0 aromatic heterocycles. The first-order chi connectivity index (χ1) is 44.4. The van der Waals surface area contributed by atoms with Gasteiger partial charge in [0, 0.05) is 25.7 Å². The second-order valence-electron chi connectivity index (χ2n) is 27.3. The third-order valence-electron chi connectivity index (χ3n) is 17.0. The van der Waals surface area contributed by atoms with Crippen LogP contribution in [0.4, 0.5) is 0 Å². The zero-order valence-corrected chi connectivity index (χ0v) is 61.6. The quantitative estimate of drug-likeness (QED) is 0.0222. The minimum atomic E-state index is -4.95. The van der Waals surface area contributed by atoms with Gasteiger partial charge in [-0.3, -0.25) is 37.3 Å².